The van der Waals surface area contributed by atoms with Crippen molar-refractivity contribution < 1.29 is 35.8 Å². The lowest BCUT2D eigenvalue weighted by Crippen LogP contribution is -2.19. The molecule has 0 amide bonds. The van der Waals surface area contributed by atoms with Crippen molar-refractivity contribution in [2.24, 2.45) is 0 Å². The van der Waals surface area contributed by atoms with Gasteiger partial charge in [-0.15, -0.1) is 13.2 Å². The molecule has 0 aliphatic heterocycles. The van der Waals surface area contributed by atoms with Crippen molar-refractivity contribution in [1.82, 2.24) is 4.98 Å². The molecule has 0 N–H and O–H groups in total. The Balaban J connectivity index is 3.28. The number of pyridine rings is 1. The van der Waals surface area contributed by atoms with Gasteiger partial charge in [0.2, 0.25) is 5.88 Å². The maximum atomic E-state index is 12.6. The summed E-state index contributed by atoms with van der Waals surface area (Å²) in [6.45, 7) is 0.911. The number of aromatic nitrogens is 1. The first-order valence-corrected chi connectivity index (χ1v) is 4.43. The minimum absolute atomic E-state index is 0.434. The zero-order chi connectivity index (χ0) is 14.1. The first-order valence-electron chi connectivity index (χ1n) is 4.43. The quantitative estimate of drug-likeness (QED) is 0.776. The van der Waals surface area contributed by atoms with Crippen LogP contribution in [0.25, 0.3) is 0 Å². The van der Waals surface area contributed by atoms with Crippen molar-refractivity contribution in [2.45, 2.75) is 19.5 Å². The Hall–Kier alpha value is -1.67. The molecule has 0 spiro atoms. The Bertz CT molecular complexity index is 440. The van der Waals surface area contributed by atoms with Crippen molar-refractivity contribution in [1.29, 1.82) is 0 Å². The van der Waals surface area contributed by atoms with Crippen LogP contribution in [-0.4, -0.2) is 18.5 Å². The number of rotatable bonds is 2. The molecule has 0 bridgehead atoms. The lowest BCUT2D eigenvalue weighted by molar-refractivity contribution is -0.276. The summed E-state index contributed by atoms with van der Waals surface area (Å²) in [6, 6.07) is 0.434. The minimum atomic E-state index is -5.04. The van der Waals surface area contributed by atoms with E-state index in [0.29, 0.717) is 6.07 Å². The van der Waals surface area contributed by atoms with Crippen LogP contribution in [-0.2, 0) is 6.18 Å². The summed E-state index contributed by atoms with van der Waals surface area (Å²) >= 11 is 0. The zero-order valence-electron chi connectivity index (χ0n) is 9.11. The van der Waals surface area contributed by atoms with Crippen LogP contribution in [0.3, 0.4) is 0 Å². The summed E-state index contributed by atoms with van der Waals surface area (Å²) in [5.41, 5.74) is -1.90. The highest BCUT2D eigenvalue weighted by Crippen LogP contribution is 2.39. The number of nitrogens with zero attached hydrogens (tertiary/aromatic N) is 1. The Morgan fingerprint density at radius 3 is 2.06 bits per heavy atom. The molecule has 0 saturated heterocycles. The fourth-order valence-electron chi connectivity index (χ4n) is 1.29. The van der Waals surface area contributed by atoms with Gasteiger partial charge in [-0.25, -0.2) is 4.98 Å². The number of hydrogen-bond donors (Lipinski definition) is 0. The molecule has 0 aliphatic rings. The maximum absolute atomic E-state index is 12.6. The molecule has 102 valence electrons. The van der Waals surface area contributed by atoms with Crippen LogP contribution in [0, 0.1) is 6.92 Å². The molecule has 0 saturated carbocycles. The fourth-order valence-corrected chi connectivity index (χ4v) is 1.29. The smallest absolute Gasteiger partial charge is 0.496 e. The monoisotopic (exact) mass is 275 g/mol. The molecular weight excluding hydrogens is 268 g/mol. The number of alkyl halides is 6. The van der Waals surface area contributed by atoms with E-state index in [1.165, 1.54) is 0 Å². The largest absolute Gasteiger partial charge is 0.574 e. The highest BCUT2D eigenvalue weighted by atomic mass is 19.4. The third kappa shape index (κ3) is 3.41. The van der Waals surface area contributed by atoms with E-state index in [2.05, 4.69) is 14.5 Å². The lowest BCUT2D eigenvalue weighted by atomic mass is 10.2. The van der Waals surface area contributed by atoms with Crippen LogP contribution in [0.4, 0.5) is 26.3 Å². The molecule has 3 nitrogen and oxygen atoms in total. The Kier molecular flexibility index (Phi) is 3.63. The van der Waals surface area contributed by atoms with Crippen molar-refractivity contribution >= 4 is 0 Å². The van der Waals surface area contributed by atoms with Gasteiger partial charge in [0.25, 0.3) is 0 Å². The van der Waals surface area contributed by atoms with Gasteiger partial charge in [-0.3, -0.25) is 0 Å². The molecular formula is C9H7F6NO2. The predicted octanol–water partition coefficient (Wildman–Crippen LogP) is 3.32. The topological polar surface area (TPSA) is 31.4 Å². The highest BCUT2D eigenvalue weighted by Gasteiger charge is 2.39. The molecule has 1 rings (SSSR count). The Morgan fingerprint density at radius 1 is 1.11 bits per heavy atom. The van der Waals surface area contributed by atoms with Crippen LogP contribution in [0.15, 0.2) is 6.07 Å². The molecule has 9 heteroatoms. The van der Waals surface area contributed by atoms with E-state index in [1.54, 1.807) is 0 Å². The normalized spacial score (nSPS) is 12.4. The Labute approximate surface area is 97.3 Å². The first-order chi connectivity index (χ1) is 8.04. The highest BCUT2D eigenvalue weighted by molar-refractivity contribution is 5.42. The van der Waals surface area contributed by atoms with Gasteiger partial charge in [0.05, 0.1) is 12.8 Å². The van der Waals surface area contributed by atoms with Gasteiger partial charge < -0.3 is 9.47 Å². The van der Waals surface area contributed by atoms with Crippen molar-refractivity contribution in [3.63, 3.8) is 0 Å². The third-order valence-corrected chi connectivity index (χ3v) is 1.86. The van der Waals surface area contributed by atoms with Crippen molar-refractivity contribution in [3.8, 4) is 11.6 Å². The third-order valence-electron chi connectivity index (χ3n) is 1.86. The number of methoxy groups -OCH3 is 1. The average molecular weight is 275 g/mol. The van der Waals surface area contributed by atoms with Gasteiger partial charge in [0, 0.05) is 6.07 Å². The van der Waals surface area contributed by atoms with E-state index in [0.717, 1.165) is 14.0 Å². The van der Waals surface area contributed by atoms with Crippen LogP contribution in [0.2, 0.25) is 0 Å². The summed E-state index contributed by atoms with van der Waals surface area (Å²) in [5.74, 6) is -1.79. The predicted molar refractivity (Wildman–Crippen MR) is 47.2 cm³/mol. The minimum Gasteiger partial charge on any atom is -0.496 e. The number of ether oxygens (including phenoxy) is 2. The standard InChI is InChI=1S/C9H7F6NO2/c1-4-7(8(10,11)12)5(17-2)3-6(16-4)18-9(13,14)15/h3H,1-2H3. The summed E-state index contributed by atoms with van der Waals surface area (Å²) in [7, 11) is 0.904. The van der Waals surface area contributed by atoms with Gasteiger partial charge in [-0.1, -0.05) is 0 Å². The van der Waals surface area contributed by atoms with Gasteiger partial charge in [-0.05, 0) is 6.92 Å². The molecule has 0 aromatic carbocycles. The zero-order valence-corrected chi connectivity index (χ0v) is 9.11. The van der Waals surface area contributed by atoms with Crippen molar-refractivity contribution in [3.05, 3.63) is 17.3 Å². The van der Waals surface area contributed by atoms with E-state index < -0.39 is 35.4 Å². The summed E-state index contributed by atoms with van der Waals surface area (Å²) in [4.78, 5) is 3.09. The molecule has 1 aromatic heterocycles. The van der Waals surface area contributed by atoms with E-state index >= 15 is 0 Å². The van der Waals surface area contributed by atoms with Gasteiger partial charge in [-0.2, -0.15) is 13.2 Å². The molecule has 0 unspecified atom stereocenters. The summed E-state index contributed by atoms with van der Waals surface area (Å²) in [6.07, 6.45) is -9.82. The number of halogens is 6. The van der Waals surface area contributed by atoms with Crippen LogP contribution < -0.4 is 9.47 Å². The Morgan fingerprint density at radius 2 is 1.67 bits per heavy atom. The SMILES string of the molecule is COc1cc(OC(F)(F)F)nc(C)c1C(F)(F)F. The van der Waals surface area contributed by atoms with Gasteiger partial charge in [0.15, 0.2) is 0 Å². The average Bonchev–Trinajstić information content (AvgIpc) is 2.11. The van der Waals surface area contributed by atoms with E-state index in [9.17, 15) is 26.3 Å². The second-order valence-corrected chi connectivity index (χ2v) is 3.17. The van der Waals surface area contributed by atoms with Crippen LogP contribution in [0.5, 0.6) is 11.6 Å². The molecule has 0 radical (unpaired) electrons. The van der Waals surface area contributed by atoms with Crippen LogP contribution >= 0.6 is 0 Å². The lowest BCUT2D eigenvalue weighted by Gasteiger charge is -2.16. The van der Waals surface area contributed by atoms with Gasteiger partial charge >= 0.3 is 12.5 Å². The van der Waals surface area contributed by atoms with Crippen LogP contribution in [0.1, 0.15) is 11.3 Å². The van der Waals surface area contributed by atoms with E-state index in [-0.39, 0.29) is 0 Å². The molecule has 1 heterocycles. The van der Waals surface area contributed by atoms with E-state index in [1.807, 2.05) is 0 Å². The molecule has 18 heavy (non-hydrogen) atoms. The molecule has 0 atom stereocenters. The van der Waals surface area contributed by atoms with Crippen molar-refractivity contribution in [2.75, 3.05) is 7.11 Å². The second-order valence-electron chi connectivity index (χ2n) is 3.17. The summed E-state index contributed by atoms with van der Waals surface area (Å²) < 4.78 is 81.3. The van der Waals surface area contributed by atoms with Gasteiger partial charge in [0.1, 0.15) is 11.3 Å². The number of aryl methyl sites for hydroxylation is 1. The number of hydrogen-bond acceptors (Lipinski definition) is 3. The van der Waals surface area contributed by atoms with E-state index in [4.69, 9.17) is 0 Å². The second kappa shape index (κ2) is 4.54. The summed E-state index contributed by atoms with van der Waals surface area (Å²) in [5, 5.41) is 0. The molecule has 0 aliphatic carbocycles. The maximum Gasteiger partial charge on any atom is 0.574 e. The first kappa shape index (κ1) is 14.4. The fraction of sp³-hybridized carbons (Fsp3) is 0.444. The molecule has 0 fully saturated rings. The molecule has 1 aromatic rings.